The largest absolute Gasteiger partial charge is 0.493 e. The van der Waals surface area contributed by atoms with Gasteiger partial charge in [-0.05, 0) is 54.7 Å². The summed E-state index contributed by atoms with van der Waals surface area (Å²) < 4.78 is 10.7. The van der Waals surface area contributed by atoms with E-state index < -0.39 is 11.5 Å². The van der Waals surface area contributed by atoms with Gasteiger partial charge in [-0.25, -0.2) is 0 Å². The van der Waals surface area contributed by atoms with Crippen LogP contribution in [-0.4, -0.2) is 30.9 Å². The van der Waals surface area contributed by atoms with Gasteiger partial charge in [-0.3, -0.25) is 14.4 Å². The Labute approximate surface area is 185 Å². The fraction of sp³-hybridized carbons (Fsp3) is 0.240. The van der Waals surface area contributed by atoms with Gasteiger partial charge < -0.3 is 19.8 Å². The summed E-state index contributed by atoms with van der Waals surface area (Å²) in [5.41, 5.74) is 2.75. The number of rotatable bonds is 5. The minimum atomic E-state index is -0.543. The van der Waals surface area contributed by atoms with E-state index in [2.05, 4.69) is 10.3 Å². The number of aromatic nitrogens is 1. The van der Waals surface area contributed by atoms with Crippen LogP contribution in [0.5, 0.6) is 11.5 Å². The molecule has 0 radical (unpaired) electrons. The molecule has 1 aliphatic carbocycles. The quantitative estimate of drug-likeness (QED) is 0.638. The molecular formula is C25H24N2O5. The van der Waals surface area contributed by atoms with Crippen molar-refractivity contribution in [3.8, 4) is 11.5 Å². The predicted molar refractivity (Wildman–Crippen MR) is 121 cm³/mol. The topological polar surface area (TPSA) is 97.5 Å². The van der Waals surface area contributed by atoms with Crippen LogP contribution in [0.4, 0.5) is 5.69 Å². The number of nitrogens with one attached hydrogen (secondary N) is 2. The number of H-pyrrole nitrogens is 1. The van der Waals surface area contributed by atoms with Gasteiger partial charge in [0.2, 0.25) is 0 Å². The Balaban J connectivity index is 1.62. The van der Waals surface area contributed by atoms with E-state index in [1.165, 1.54) is 6.07 Å². The van der Waals surface area contributed by atoms with Crippen molar-refractivity contribution in [2.24, 2.45) is 0 Å². The summed E-state index contributed by atoms with van der Waals surface area (Å²) in [6.07, 6.45) is 0.749. The molecule has 1 atom stereocenters. The van der Waals surface area contributed by atoms with Gasteiger partial charge in [0.1, 0.15) is 5.56 Å². The normalized spacial score (nSPS) is 15.1. The van der Waals surface area contributed by atoms with Crippen LogP contribution in [0, 0.1) is 6.92 Å². The lowest BCUT2D eigenvalue weighted by Gasteiger charge is -2.24. The summed E-state index contributed by atoms with van der Waals surface area (Å²) in [6, 6.07) is 14.3. The van der Waals surface area contributed by atoms with E-state index in [1.54, 1.807) is 32.4 Å². The van der Waals surface area contributed by atoms with E-state index in [0.717, 1.165) is 11.1 Å². The molecule has 1 aliphatic rings. The number of hydrogen-bond acceptors (Lipinski definition) is 5. The Morgan fingerprint density at radius 1 is 1.00 bits per heavy atom. The van der Waals surface area contributed by atoms with Crippen molar-refractivity contribution < 1.29 is 19.1 Å². The zero-order chi connectivity index (χ0) is 22.8. The number of carbonyl (C=O) groups excluding carboxylic acids is 2. The number of pyridine rings is 1. The molecule has 2 N–H and O–H groups in total. The van der Waals surface area contributed by atoms with Gasteiger partial charge in [-0.15, -0.1) is 0 Å². The molecule has 0 aliphatic heterocycles. The number of benzene rings is 2. The third-order valence-corrected chi connectivity index (χ3v) is 5.82. The Morgan fingerprint density at radius 2 is 1.75 bits per heavy atom. The predicted octanol–water partition coefficient (Wildman–Crippen LogP) is 3.87. The van der Waals surface area contributed by atoms with Crippen LogP contribution in [0.25, 0.3) is 0 Å². The maximum Gasteiger partial charge on any atom is 0.261 e. The minimum absolute atomic E-state index is 0.0788. The van der Waals surface area contributed by atoms with Crippen molar-refractivity contribution in [2.75, 3.05) is 19.5 Å². The van der Waals surface area contributed by atoms with Crippen LogP contribution in [0.2, 0.25) is 0 Å². The molecule has 0 saturated carbocycles. The molecule has 3 aromatic rings. The lowest BCUT2D eigenvalue weighted by Crippen LogP contribution is -2.29. The van der Waals surface area contributed by atoms with Gasteiger partial charge in [0, 0.05) is 23.4 Å². The number of methoxy groups -OCH3 is 2. The molecule has 1 heterocycles. The van der Waals surface area contributed by atoms with Crippen molar-refractivity contribution in [1.29, 1.82) is 0 Å². The van der Waals surface area contributed by atoms with Gasteiger partial charge in [0.25, 0.3) is 11.5 Å². The fourth-order valence-electron chi connectivity index (χ4n) is 4.04. The Morgan fingerprint density at radius 3 is 2.47 bits per heavy atom. The van der Waals surface area contributed by atoms with Crippen LogP contribution in [0.1, 0.15) is 49.9 Å². The van der Waals surface area contributed by atoms with Crippen LogP contribution >= 0.6 is 0 Å². The standard InChI is InChI=1S/C25H24N2O5/c1-14-6-4-5-7-19(14)26-24(29)18-13-17-20(27-25(18)30)10-16(11-21(17)28)15-8-9-22(31-2)23(12-15)32-3/h4-9,12-13,16H,10-11H2,1-3H3,(H,26,29)(H,27,30)/t16-/m1/s1. The molecule has 0 fully saturated rings. The summed E-state index contributed by atoms with van der Waals surface area (Å²) in [5.74, 6) is 0.416. The number of Topliss-reactive ketones (excluding diaryl/α,β-unsaturated/α-hetero) is 1. The molecule has 2 aromatic carbocycles. The second-order valence-corrected chi connectivity index (χ2v) is 7.82. The summed E-state index contributed by atoms with van der Waals surface area (Å²) in [6.45, 7) is 1.87. The molecule has 164 valence electrons. The summed E-state index contributed by atoms with van der Waals surface area (Å²) >= 11 is 0. The number of ether oxygens (including phenoxy) is 2. The smallest absolute Gasteiger partial charge is 0.261 e. The van der Waals surface area contributed by atoms with Gasteiger partial charge in [-0.1, -0.05) is 24.3 Å². The average molecular weight is 432 g/mol. The monoisotopic (exact) mass is 432 g/mol. The fourth-order valence-corrected chi connectivity index (χ4v) is 4.04. The highest BCUT2D eigenvalue weighted by Crippen LogP contribution is 2.36. The average Bonchev–Trinajstić information content (AvgIpc) is 2.79. The number of carbonyl (C=O) groups is 2. The molecule has 0 spiro atoms. The van der Waals surface area contributed by atoms with E-state index in [4.69, 9.17) is 9.47 Å². The second-order valence-electron chi connectivity index (χ2n) is 7.82. The molecule has 4 rings (SSSR count). The van der Waals surface area contributed by atoms with Crippen molar-refractivity contribution >= 4 is 17.4 Å². The second kappa shape index (κ2) is 8.70. The third kappa shape index (κ3) is 4.01. The Hall–Kier alpha value is -3.87. The number of amides is 1. The van der Waals surface area contributed by atoms with E-state index in [-0.39, 0.29) is 23.7 Å². The zero-order valence-corrected chi connectivity index (χ0v) is 18.2. The molecule has 32 heavy (non-hydrogen) atoms. The Kier molecular flexibility index (Phi) is 5.81. The summed E-state index contributed by atoms with van der Waals surface area (Å²) in [5, 5.41) is 2.75. The molecule has 7 nitrogen and oxygen atoms in total. The van der Waals surface area contributed by atoms with Crippen molar-refractivity contribution in [3.05, 3.63) is 86.8 Å². The molecule has 1 amide bonds. The van der Waals surface area contributed by atoms with Crippen molar-refractivity contribution in [1.82, 2.24) is 4.98 Å². The van der Waals surface area contributed by atoms with Crippen LogP contribution in [0.3, 0.4) is 0 Å². The number of aromatic amines is 1. The molecule has 7 heteroatoms. The number of para-hydroxylation sites is 1. The third-order valence-electron chi connectivity index (χ3n) is 5.82. The molecule has 1 aromatic heterocycles. The highest BCUT2D eigenvalue weighted by Gasteiger charge is 2.29. The van der Waals surface area contributed by atoms with Crippen LogP contribution in [-0.2, 0) is 6.42 Å². The van der Waals surface area contributed by atoms with Gasteiger partial charge >= 0.3 is 0 Å². The number of hydrogen-bond donors (Lipinski definition) is 2. The van der Waals surface area contributed by atoms with Gasteiger partial charge in [0.05, 0.1) is 14.2 Å². The first kappa shape index (κ1) is 21.4. The van der Waals surface area contributed by atoms with Gasteiger partial charge in [0.15, 0.2) is 17.3 Å². The maximum absolute atomic E-state index is 12.9. The highest BCUT2D eigenvalue weighted by atomic mass is 16.5. The lowest BCUT2D eigenvalue weighted by molar-refractivity contribution is 0.0963. The number of anilines is 1. The van der Waals surface area contributed by atoms with Gasteiger partial charge in [-0.2, -0.15) is 0 Å². The highest BCUT2D eigenvalue weighted by molar-refractivity contribution is 6.07. The van der Waals surface area contributed by atoms with E-state index >= 15 is 0 Å². The number of aryl methyl sites for hydroxylation is 1. The van der Waals surface area contributed by atoms with Crippen molar-refractivity contribution in [2.45, 2.75) is 25.7 Å². The van der Waals surface area contributed by atoms with Crippen LogP contribution in [0.15, 0.2) is 53.3 Å². The molecular weight excluding hydrogens is 408 g/mol. The molecule has 0 saturated heterocycles. The van der Waals surface area contributed by atoms with E-state index in [1.807, 2.05) is 31.2 Å². The summed E-state index contributed by atoms with van der Waals surface area (Å²) in [7, 11) is 3.12. The first-order chi connectivity index (χ1) is 15.4. The molecule has 0 unspecified atom stereocenters. The first-order valence-corrected chi connectivity index (χ1v) is 10.3. The number of fused-ring (bicyclic) bond motifs is 1. The lowest BCUT2D eigenvalue weighted by atomic mass is 9.81. The Bertz CT molecular complexity index is 1260. The van der Waals surface area contributed by atoms with E-state index in [0.29, 0.717) is 34.9 Å². The SMILES string of the molecule is COc1ccc([C@H]2CC(=O)c3cc(C(=O)Nc4ccccc4C)c(=O)[nH]c3C2)cc1OC. The number of ketones is 1. The van der Waals surface area contributed by atoms with Crippen LogP contribution < -0.4 is 20.3 Å². The minimum Gasteiger partial charge on any atom is -0.493 e. The molecule has 0 bridgehead atoms. The maximum atomic E-state index is 12.9. The zero-order valence-electron chi connectivity index (χ0n) is 18.2. The van der Waals surface area contributed by atoms with E-state index in [9.17, 15) is 14.4 Å². The summed E-state index contributed by atoms with van der Waals surface area (Å²) in [4.78, 5) is 41.1. The van der Waals surface area contributed by atoms with Crippen molar-refractivity contribution in [3.63, 3.8) is 0 Å². The first-order valence-electron chi connectivity index (χ1n) is 10.3.